The van der Waals surface area contributed by atoms with Crippen molar-refractivity contribution in [3.63, 3.8) is 0 Å². The molecule has 0 spiro atoms. The molecule has 0 unspecified atom stereocenters. The normalized spacial score (nSPS) is 10.2. The number of hydrogen-bond acceptors (Lipinski definition) is 7. The third-order valence-electron chi connectivity index (χ3n) is 2.51. The smallest absolute Gasteiger partial charge is 0.257 e. The number of rotatable bonds is 2. The Morgan fingerprint density at radius 2 is 2.10 bits per heavy atom. The van der Waals surface area contributed by atoms with Gasteiger partial charge in [-0.15, -0.1) is 0 Å². The topological polar surface area (TPSA) is 119 Å². The highest BCUT2D eigenvalue weighted by Crippen LogP contribution is 2.17. The second-order valence-corrected chi connectivity index (χ2v) is 3.85. The molecule has 2 N–H and O–H groups in total. The van der Waals surface area contributed by atoms with E-state index in [4.69, 9.17) is 11.0 Å². The number of nitrogens with two attached hydrogens (primary N) is 1. The SMILES string of the molecule is N#Cc1cccc(-c2nc(N)nc(-n3cncn3)n2)c1. The van der Waals surface area contributed by atoms with Crippen molar-refractivity contribution < 1.29 is 0 Å². The van der Waals surface area contributed by atoms with Gasteiger partial charge in [-0.1, -0.05) is 12.1 Å². The Balaban J connectivity index is 2.12. The Kier molecular flexibility index (Phi) is 2.78. The monoisotopic (exact) mass is 264 g/mol. The standard InChI is InChI=1S/C12H8N8/c13-5-8-2-1-3-9(4-8)10-17-11(14)19-12(18-10)20-7-15-6-16-20/h1-4,6-7H,(H2,14,17,18,19). The van der Waals surface area contributed by atoms with E-state index in [1.807, 2.05) is 0 Å². The fourth-order valence-electron chi connectivity index (χ4n) is 1.65. The molecule has 1 aromatic carbocycles. The van der Waals surface area contributed by atoms with E-state index in [-0.39, 0.29) is 11.9 Å². The van der Waals surface area contributed by atoms with E-state index in [2.05, 4.69) is 31.1 Å². The minimum Gasteiger partial charge on any atom is -0.368 e. The molecule has 0 saturated carbocycles. The average Bonchev–Trinajstić information content (AvgIpc) is 3.01. The van der Waals surface area contributed by atoms with Gasteiger partial charge in [-0.2, -0.15) is 30.0 Å². The predicted octanol–water partition coefficient (Wildman–Crippen LogP) is 0.573. The molecular formula is C12H8N8. The molecule has 8 nitrogen and oxygen atoms in total. The summed E-state index contributed by atoms with van der Waals surface area (Å²) in [5.41, 5.74) is 6.88. The Hall–Kier alpha value is -3.34. The summed E-state index contributed by atoms with van der Waals surface area (Å²) in [7, 11) is 0. The highest BCUT2D eigenvalue weighted by Gasteiger charge is 2.09. The minimum atomic E-state index is 0.0721. The lowest BCUT2D eigenvalue weighted by atomic mass is 10.1. The van der Waals surface area contributed by atoms with Crippen molar-refractivity contribution in [1.82, 2.24) is 29.7 Å². The molecule has 96 valence electrons. The van der Waals surface area contributed by atoms with E-state index in [1.54, 1.807) is 24.3 Å². The lowest BCUT2D eigenvalue weighted by molar-refractivity contribution is 0.800. The number of aromatic nitrogens is 6. The van der Waals surface area contributed by atoms with Gasteiger partial charge in [0.05, 0.1) is 11.6 Å². The number of benzene rings is 1. The van der Waals surface area contributed by atoms with Crippen LogP contribution in [0.25, 0.3) is 17.3 Å². The number of hydrogen-bond donors (Lipinski definition) is 1. The van der Waals surface area contributed by atoms with E-state index in [1.165, 1.54) is 17.3 Å². The molecule has 2 heterocycles. The molecular weight excluding hydrogens is 256 g/mol. The Labute approximate surface area is 113 Å². The molecule has 8 heteroatoms. The fraction of sp³-hybridized carbons (Fsp3) is 0. The van der Waals surface area contributed by atoms with Crippen molar-refractivity contribution in [3.05, 3.63) is 42.5 Å². The van der Waals surface area contributed by atoms with Gasteiger partial charge >= 0.3 is 0 Å². The van der Waals surface area contributed by atoms with Crippen molar-refractivity contribution in [2.45, 2.75) is 0 Å². The van der Waals surface area contributed by atoms with E-state index in [0.717, 1.165) is 0 Å². The van der Waals surface area contributed by atoms with Crippen molar-refractivity contribution in [2.75, 3.05) is 5.73 Å². The Morgan fingerprint density at radius 1 is 1.20 bits per heavy atom. The number of nitrogens with zero attached hydrogens (tertiary/aromatic N) is 7. The van der Waals surface area contributed by atoms with Gasteiger partial charge in [0, 0.05) is 5.56 Å². The van der Waals surface area contributed by atoms with Crippen molar-refractivity contribution >= 4 is 5.95 Å². The van der Waals surface area contributed by atoms with E-state index in [9.17, 15) is 0 Å². The highest BCUT2D eigenvalue weighted by molar-refractivity contribution is 5.59. The number of anilines is 1. The Bertz CT molecular complexity index is 787. The van der Waals surface area contributed by atoms with Gasteiger partial charge in [-0.25, -0.2) is 4.98 Å². The summed E-state index contributed by atoms with van der Waals surface area (Å²) in [6, 6.07) is 8.99. The Morgan fingerprint density at radius 3 is 2.85 bits per heavy atom. The quantitative estimate of drug-likeness (QED) is 0.718. The van der Waals surface area contributed by atoms with Gasteiger partial charge in [0.2, 0.25) is 5.95 Å². The first-order valence-electron chi connectivity index (χ1n) is 5.63. The van der Waals surface area contributed by atoms with Gasteiger partial charge in [-0.05, 0) is 12.1 Å². The molecule has 0 radical (unpaired) electrons. The first-order chi connectivity index (χ1) is 9.76. The zero-order valence-corrected chi connectivity index (χ0v) is 10.2. The lowest BCUT2D eigenvalue weighted by Gasteiger charge is -2.04. The fourth-order valence-corrected chi connectivity index (χ4v) is 1.65. The summed E-state index contributed by atoms with van der Waals surface area (Å²) >= 11 is 0. The summed E-state index contributed by atoms with van der Waals surface area (Å²) in [4.78, 5) is 16.2. The van der Waals surface area contributed by atoms with Crippen molar-refractivity contribution in [2.24, 2.45) is 0 Å². The molecule has 0 amide bonds. The van der Waals surface area contributed by atoms with Gasteiger partial charge in [0.25, 0.3) is 5.95 Å². The van der Waals surface area contributed by atoms with Crippen LogP contribution in [0, 0.1) is 11.3 Å². The number of nitriles is 1. The molecule has 20 heavy (non-hydrogen) atoms. The predicted molar refractivity (Wildman–Crippen MR) is 69.3 cm³/mol. The molecule has 2 aromatic heterocycles. The molecule has 0 fully saturated rings. The van der Waals surface area contributed by atoms with Crippen LogP contribution >= 0.6 is 0 Å². The summed E-state index contributed by atoms with van der Waals surface area (Å²) in [5.74, 6) is 0.718. The molecule has 0 atom stereocenters. The summed E-state index contributed by atoms with van der Waals surface area (Å²) in [6.45, 7) is 0. The van der Waals surface area contributed by atoms with Crippen LogP contribution in [-0.4, -0.2) is 29.7 Å². The second-order valence-electron chi connectivity index (χ2n) is 3.85. The summed E-state index contributed by atoms with van der Waals surface area (Å²) in [6.07, 6.45) is 2.83. The van der Waals surface area contributed by atoms with E-state index >= 15 is 0 Å². The summed E-state index contributed by atoms with van der Waals surface area (Å²) in [5, 5.41) is 12.9. The molecule has 3 aromatic rings. The first kappa shape index (κ1) is 11.7. The molecule has 0 saturated heterocycles. The highest BCUT2D eigenvalue weighted by atomic mass is 15.4. The molecule has 0 aliphatic heterocycles. The van der Waals surface area contributed by atoms with Crippen LogP contribution in [-0.2, 0) is 0 Å². The lowest BCUT2D eigenvalue weighted by Crippen LogP contribution is -2.08. The van der Waals surface area contributed by atoms with Crippen LogP contribution in [0.5, 0.6) is 0 Å². The van der Waals surface area contributed by atoms with Crippen LogP contribution in [0.4, 0.5) is 5.95 Å². The minimum absolute atomic E-state index is 0.0721. The zero-order chi connectivity index (χ0) is 13.9. The third kappa shape index (κ3) is 2.15. The van der Waals surface area contributed by atoms with E-state index < -0.39 is 0 Å². The average molecular weight is 264 g/mol. The van der Waals surface area contributed by atoms with Crippen LogP contribution < -0.4 is 5.73 Å². The van der Waals surface area contributed by atoms with Crippen LogP contribution in [0.15, 0.2) is 36.9 Å². The largest absolute Gasteiger partial charge is 0.368 e. The molecule has 0 aliphatic rings. The molecule has 0 aliphatic carbocycles. The van der Waals surface area contributed by atoms with Gasteiger partial charge in [-0.3, -0.25) is 0 Å². The molecule has 3 rings (SSSR count). The molecule has 0 bridgehead atoms. The van der Waals surface area contributed by atoms with Gasteiger partial charge in [0.15, 0.2) is 5.82 Å². The van der Waals surface area contributed by atoms with E-state index in [0.29, 0.717) is 17.0 Å². The van der Waals surface area contributed by atoms with Crippen molar-refractivity contribution in [1.29, 1.82) is 5.26 Å². The van der Waals surface area contributed by atoms with Gasteiger partial charge < -0.3 is 5.73 Å². The van der Waals surface area contributed by atoms with Crippen molar-refractivity contribution in [3.8, 4) is 23.4 Å². The number of nitrogen functional groups attached to an aromatic ring is 1. The zero-order valence-electron chi connectivity index (χ0n) is 10.2. The summed E-state index contributed by atoms with van der Waals surface area (Å²) < 4.78 is 1.38. The maximum absolute atomic E-state index is 8.92. The van der Waals surface area contributed by atoms with Gasteiger partial charge in [0.1, 0.15) is 12.7 Å². The maximum Gasteiger partial charge on any atom is 0.257 e. The van der Waals surface area contributed by atoms with Crippen LogP contribution in [0.2, 0.25) is 0 Å². The van der Waals surface area contributed by atoms with Crippen LogP contribution in [0.1, 0.15) is 5.56 Å². The maximum atomic E-state index is 8.92. The van der Waals surface area contributed by atoms with Crippen LogP contribution in [0.3, 0.4) is 0 Å². The second kappa shape index (κ2) is 4.74. The third-order valence-corrected chi connectivity index (χ3v) is 2.51. The first-order valence-corrected chi connectivity index (χ1v) is 5.63.